The van der Waals surface area contributed by atoms with Gasteiger partial charge in [-0.15, -0.1) is 0 Å². The van der Waals surface area contributed by atoms with E-state index in [9.17, 15) is 8.42 Å². The maximum absolute atomic E-state index is 11.3. The van der Waals surface area contributed by atoms with Gasteiger partial charge in [0.1, 0.15) is 5.60 Å². The molecule has 2 N–H and O–H groups in total. The van der Waals surface area contributed by atoms with Gasteiger partial charge in [0.2, 0.25) is 10.9 Å². The van der Waals surface area contributed by atoms with Gasteiger partial charge in [-0.2, -0.15) is 0 Å². The second kappa shape index (κ2) is 9.05. The molecule has 24 heavy (non-hydrogen) atoms. The minimum absolute atomic E-state index is 0.245. The lowest BCUT2D eigenvalue weighted by Crippen LogP contribution is -2.47. The van der Waals surface area contributed by atoms with Crippen LogP contribution in [0.25, 0.3) is 0 Å². The van der Waals surface area contributed by atoms with Crippen LogP contribution < -0.4 is 10.0 Å². The van der Waals surface area contributed by atoms with Crippen LogP contribution in [0.5, 0.6) is 0 Å². The molecule has 1 aromatic carbocycles. The van der Waals surface area contributed by atoms with Gasteiger partial charge < -0.3 is 15.0 Å². The van der Waals surface area contributed by atoms with Gasteiger partial charge in [-0.05, 0) is 47.0 Å². The lowest BCUT2D eigenvalue weighted by atomic mass is 10.00. The van der Waals surface area contributed by atoms with Crippen LogP contribution in [0.1, 0.15) is 32.4 Å². The van der Waals surface area contributed by atoms with Crippen molar-refractivity contribution in [3.05, 3.63) is 48.4 Å². The van der Waals surface area contributed by atoms with Gasteiger partial charge in [-0.25, -0.2) is 13.1 Å². The number of nitrogens with zero attached hydrogens (tertiary/aromatic N) is 1. The molecule has 0 amide bonds. The van der Waals surface area contributed by atoms with Crippen molar-refractivity contribution in [2.75, 3.05) is 20.6 Å². The number of nitrogens with one attached hydrogen (secondary N) is 2. The topological polar surface area (TPSA) is 70.7 Å². The first-order valence-corrected chi connectivity index (χ1v) is 9.01. The third-order valence-electron chi connectivity index (χ3n) is 3.14. The Morgan fingerprint density at radius 2 is 1.83 bits per heavy atom. The number of likely N-dealkylation sites (N-methyl/N-ethyl adjacent to an activating group) is 1. The molecular weight excluding hydrogens is 326 g/mol. The molecule has 7 heteroatoms. The quantitative estimate of drug-likeness (QED) is 0.464. The molecule has 0 saturated carbocycles. The molecule has 0 aliphatic carbocycles. The Balaban J connectivity index is 3.05. The van der Waals surface area contributed by atoms with Crippen molar-refractivity contribution in [1.82, 2.24) is 14.9 Å². The number of benzene rings is 1. The summed E-state index contributed by atoms with van der Waals surface area (Å²) in [4.78, 5) is 1.98. The molecule has 0 spiro atoms. The first kappa shape index (κ1) is 20.5. The van der Waals surface area contributed by atoms with Crippen LogP contribution in [0.4, 0.5) is 0 Å². The van der Waals surface area contributed by atoms with Crippen molar-refractivity contribution in [2.24, 2.45) is 0 Å². The summed E-state index contributed by atoms with van der Waals surface area (Å²) in [5, 5.41) is 3.22. The highest BCUT2D eigenvalue weighted by Crippen LogP contribution is 2.20. The predicted molar refractivity (Wildman–Crippen MR) is 98.1 cm³/mol. The molecule has 136 valence electrons. The summed E-state index contributed by atoms with van der Waals surface area (Å²) in [6.45, 7) is 10.3. The summed E-state index contributed by atoms with van der Waals surface area (Å²) < 4.78 is 31.0. The molecule has 0 aromatic heterocycles. The van der Waals surface area contributed by atoms with Crippen molar-refractivity contribution in [3.8, 4) is 0 Å². The average Bonchev–Trinajstić information content (AvgIpc) is 2.42. The zero-order chi connectivity index (χ0) is 18.3. The number of ether oxygens (including phenoxy) is 1. The Hall–Kier alpha value is -1.57. The van der Waals surface area contributed by atoms with E-state index in [1.807, 2.05) is 70.1 Å². The van der Waals surface area contributed by atoms with Crippen molar-refractivity contribution < 1.29 is 13.2 Å². The van der Waals surface area contributed by atoms with Crippen molar-refractivity contribution in [1.29, 1.82) is 0 Å². The molecule has 0 bridgehead atoms. The van der Waals surface area contributed by atoms with Crippen molar-refractivity contribution in [3.63, 3.8) is 0 Å². The van der Waals surface area contributed by atoms with E-state index in [1.165, 1.54) is 0 Å². The van der Waals surface area contributed by atoms with E-state index in [0.717, 1.165) is 5.56 Å². The summed E-state index contributed by atoms with van der Waals surface area (Å²) in [6, 6.07) is 8.78. The standard InChI is InChI=1S/C17H29N3O3S/c1-13(23-17(2,3)4)18-15(12-20(5)6)16(19-24(21)22)14-10-8-7-9-11-14/h7-11,15-16,18,24H,1,12H2,2-6H3,(H,19,21,22)/t15-,16+/m1/s1. The second-order valence-corrected chi connectivity index (χ2v) is 7.70. The first-order chi connectivity index (χ1) is 11.1. The smallest absolute Gasteiger partial charge is 0.202 e. The number of hydrogen-bond acceptors (Lipinski definition) is 5. The molecule has 1 rings (SSSR count). The lowest BCUT2D eigenvalue weighted by molar-refractivity contribution is 0.0360. The third-order valence-corrected chi connectivity index (χ3v) is 3.63. The maximum atomic E-state index is 11.3. The average molecular weight is 356 g/mol. The Bertz CT molecular complexity index is 587. The molecule has 0 aliphatic heterocycles. The lowest BCUT2D eigenvalue weighted by Gasteiger charge is -2.33. The van der Waals surface area contributed by atoms with E-state index in [2.05, 4.69) is 16.6 Å². The molecule has 0 unspecified atom stereocenters. The van der Waals surface area contributed by atoms with Crippen LogP contribution in [0.2, 0.25) is 0 Å². The second-order valence-electron chi connectivity index (χ2n) is 6.93. The van der Waals surface area contributed by atoms with Gasteiger partial charge in [0, 0.05) is 6.54 Å². The van der Waals surface area contributed by atoms with E-state index in [0.29, 0.717) is 12.4 Å². The van der Waals surface area contributed by atoms with Gasteiger partial charge in [-0.1, -0.05) is 30.3 Å². The van der Waals surface area contributed by atoms with E-state index in [1.54, 1.807) is 0 Å². The minimum Gasteiger partial charge on any atom is -0.474 e. The molecular formula is C17H29N3O3S. The van der Waals surface area contributed by atoms with Crippen molar-refractivity contribution >= 4 is 10.9 Å². The van der Waals surface area contributed by atoms with Crippen LogP contribution in [0.15, 0.2) is 42.8 Å². The fourth-order valence-corrected chi connectivity index (χ4v) is 2.96. The maximum Gasteiger partial charge on any atom is 0.202 e. The normalized spacial score (nSPS) is 14.5. The van der Waals surface area contributed by atoms with Gasteiger partial charge in [0.05, 0.1) is 12.1 Å². The summed E-state index contributed by atoms with van der Waals surface area (Å²) in [5.41, 5.74) is 0.492. The minimum atomic E-state index is -2.75. The van der Waals surface area contributed by atoms with Crippen LogP contribution in [0, 0.1) is 0 Å². The van der Waals surface area contributed by atoms with Crippen LogP contribution in [-0.4, -0.2) is 45.6 Å². The largest absolute Gasteiger partial charge is 0.474 e. The predicted octanol–water partition coefficient (Wildman–Crippen LogP) is 1.65. The monoisotopic (exact) mass is 355 g/mol. The molecule has 0 saturated heterocycles. The van der Waals surface area contributed by atoms with Gasteiger partial charge in [-0.3, -0.25) is 0 Å². The Morgan fingerprint density at radius 3 is 2.29 bits per heavy atom. The molecule has 0 heterocycles. The fraction of sp³-hybridized carbons (Fsp3) is 0.529. The summed E-state index contributed by atoms with van der Waals surface area (Å²) in [5.74, 6) is 0.415. The fourth-order valence-electron chi connectivity index (χ4n) is 2.40. The van der Waals surface area contributed by atoms with Crippen LogP contribution >= 0.6 is 0 Å². The summed E-state index contributed by atoms with van der Waals surface area (Å²) >= 11 is 0. The Kier molecular flexibility index (Phi) is 7.72. The van der Waals surface area contributed by atoms with E-state index in [-0.39, 0.29) is 11.6 Å². The van der Waals surface area contributed by atoms with Gasteiger partial charge in [0.25, 0.3) is 0 Å². The van der Waals surface area contributed by atoms with Gasteiger partial charge in [0.15, 0.2) is 5.88 Å². The summed E-state index contributed by atoms with van der Waals surface area (Å²) in [7, 11) is 1.11. The Morgan fingerprint density at radius 1 is 1.25 bits per heavy atom. The number of hydrogen-bond donors (Lipinski definition) is 3. The van der Waals surface area contributed by atoms with Crippen LogP contribution in [-0.2, 0) is 15.6 Å². The SMILES string of the molecule is C=C(N[C@H](CN(C)C)[C@@H](N[SH](=O)=O)c1ccccc1)OC(C)(C)C. The number of rotatable bonds is 9. The molecule has 0 fully saturated rings. The van der Waals surface area contributed by atoms with E-state index >= 15 is 0 Å². The number of thiol groups is 1. The molecule has 1 aromatic rings. The molecule has 0 radical (unpaired) electrons. The highest BCUT2D eigenvalue weighted by Gasteiger charge is 2.26. The molecule has 2 atom stereocenters. The van der Waals surface area contributed by atoms with E-state index in [4.69, 9.17) is 4.74 Å². The van der Waals surface area contributed by atoms with E-state index < -0.39 is 16.9 Å². The highest BCUT2D eigenvalue weighted by atomic mass is 32.2. The van der Waals surface area contributed by atoms with Crippen molar-refractivity contribution in [2.45, 2.75) is 38.5 Å². The zero-order valence-corrected chi connectivity index (χ0v) is 16.0. The third kappa shape index (κ3) is 7.81. The van der Waals surface area contributed by atoms with Crippen LogP contribution in [0.3, 0.4) is 0 Å². The first-order valence-electron chi connectivity index (χ1n) is 7.83. The zero-order valence-electron chi connectivity index (χ0n) is 15.1. The molecule has 0 aliphatic rings. The molecule has 6 nitrogen and oxygen atoms in total. The summed E-state index contributed by atoms with van der Waals surface area (Å²) in [6.07, 6.45) is 0. The van der Waals surface area contributed by atoms with Gasteiger partial charge >= 0.3 is 0 Å². The highest BCUT2D eigenvalue weighted by molar-refractivity contribution is 7.70. The Labute approximate surface area is 147 Å².